The van der Waals surface area contributed by atoms with E-state index in [1.54, 1.807) is 4.90 Å². The fraction of sp³-hybridized carbons (Fsp3) is 0.471. The standard InChI is InChI=1S/C34H41N7O3/c1-6-31(42)41-16-15-40(18-26(41)17-35-4)33-28-13-14-39(30-12-8-11-25-10-7-9-23(2)32(25)30)19-29(28)36-34(37-33)44-20-24(3)38(5)27-21-43-22-27/h6-12,24,26-27H,1,13-22H2,2-3,5H3/t24-,26-/m0/s1. The quantitative estimate of drug-likeness (QED) is 0.274. The summed E-state index contributed by atoms with van der Waals surface area (Å²) in [5.41, 5.74) is 4.54. The SMILES string of the molecule is [C-]#[N+]C[C@H]1CN(c2nc(OC[C@H](C)N(C)C3COC3)nc3c2CCN(c2cccc4cccc(C)c24)C3)CCN1C(=O)C=C. The molecule has 0 spiro atoms. The Kier molecular flexibility index (Phi) is 8.69. The highest BCUT2D eigenvalue weighted by Crippen LogP contribution is 2.36. The van der Waals surface area contributed by atoms with Crippen LogP contribution in [0.5, 0.6) is 6.01 Å². The molecule has 2 fully saturated rings. The average Bonchev–Trinajstić information content (AvgIpc) is 3.01. The number of benzene rings is 2. The molecule has 3 aliphatic rings. The number of likely N-dealkylation sites (N-methyl/N-ethyl adjacent to an activating group) is 1. The van der Waals surface area contributed by atoms with Crippen LogP contribution in [0.25, 0.3) is 15.6 Å². The van der Waals surface area contributed by atoms with Gasteiger partial charge in [0.2, 0.25) is 12.5 Å². The Hall–Kier alpha value is -4.20. The Balaban J connectivity index is 1.32. The van der Waals surface area contributed by atoms with E-state index >= 15 is 0 Å². The van der Waals surface area contributed by atoms with Gasteiger partial charge in [-0.3, -0.25) is 9.69 Å². The Morgan fingerprint density at radius 1 is 1.20 bits per heavy atom. The van der Waals surface area contributed by atoms with Crippen LogP contribution in [0.4, 0.5) is 11.5 Å². The number of ether oxygens (including phenoxy) is 2. The molecule has 0 aliphatic carbocycles. The van der Waals surface area contributed by atoms with Crippen LogP contribution in [-0.4, -0.2) is 103 Å². The molecule has 44 heavy (non-hydrogen) atoms. The van der Waals surface area contributed by atoms with Gasteiger partial charge in [0.25, 0.3) is 0 Å². The third kappa shape index (κ3) is 5.82. The number of piperazine rings is 1. The van der Waals surface area contributed by atoms with Crippen molar-refractivity contribution in [3.63, 3.8) is 0 Å². The first-order chi connectivity index (χ1) is 21.4. The van der Waals surface area contributed by atoms with Crippen molar-refractivity contribution in [1.82, 2.24) is 19.8 Å². The van der Waals surface area contributed by atoms with Gasteiger partial charge in [0, 0.05) is 48.9 Å². The van der Waals surface area contributed by atoms with Crippen molar-refractivity contribution in [2.45, 2.75) is 44.9 Å². The monoisotopic (exact) mass is 595 g/mol. The summed E-state index contributed by atoms with van der Waals surface area (Å²) in [5.74, 6) is 0.718. The Morgan fingerprint density at radius 3 is 2.73 bits per heavy atom. The molecule has 0 N–H and O–H groups in total. The number of anilines is 2. The first-order valence-electron chi connectivity index (χ1n) is 15.4. The fourth-order valence-electron chi connectivity index (χ4n) is 6.54. The number of nitrogens with zero attached hydrogens (tertiary/aromatic N) is 7. The molecule has 1 aromatic heterocycles. The van der Waals surface area contributed by atoms with Crippen molar-refractivity contribution in [2.75, 3.05) is 69.4 Å². The van der Waals surface area contributed by atoms with Crippen molar-refractivity contribution >= 4 is 28.2 Å². The maximum absolute atomic E-state index is 12.6. The van der Waals surface area contributed by atoms with Gasteiger partial charge in [-0.15, -0.1) is 0 Å². The van der Waals surface area contributed by atoms with E-state index in [2.05, 4.69) is 83.4 Å². The molecule has 230 valence electrons. The number of carbonyl (C=O) groups excluding carboxylic acids is 1. The number of amides is 1. The van der Waals surface area contributed by atoms with E-state index in [1.165, 1.54) is 28.1 Å². The zero-order valence-electron chi connectivity index (χ0n) is 25.9. The van der Waals surface area contributed by atoms with Gasteiger partial charge in [0.1, 0.15) is 18.5 Å². The molecule has 10 heteroatoms. The summed E-state index contributed by atoms with van der Waals surface area (Å²) in [6, 6.07) is 13.6. The van der Waals surface area contributed by atoms with Gasteiger partial charge in [-0.1, -0.05) is 36.9 Å². The molecular weight excluding hydrogens is 554 g/mol. The molecule has 0 bridgehead atoms. The predicted octanol–water partition coefficient (Wildman–Crippen LogP) is 3.72. The molecule has 0 radical (unpaired) electrons. The van der Waals surface area contributed by atoms with Gasteiger partial charge in [-0.25, -0.2) is 6.57 Å². The first-order valence-corrected chi connectivity index (χ1v) is 15.4. The highest BCUT2D eigenvalue weighted by molar-refractivity contribution is 5.97. The Labute approximate surface area is 259 Å². The summed E-state index contributed by atoms with van der Waals surface area (Å²) in [7, 11) is 2.10. The zero-order chi connectivity index (χ0) is 30.8. The second-order valence-electron chi connectivity index (χ2n) is 12.1. The lowest BCUT2D eigenvalue weighted by atomic mass is 9.99. The highest BCUT2D eigenvalue weighted by atomic mass is 16.5. The Morgan fingerprint density at radius 2 is 2.00 bits per heavy atom. The average molecular weight is 596 g/mol. The second-order valence-corrected chi connectivity index (χ2v) is 12.1. The minimum Gasteiger partial charge on any atom is -0.462 e. The molecule has 3 aromatic rings. The molecule has 2 aromatic carbocycles. The molecule has 1 amide bonds. The summed E-state index contributed by atoms with van der Waals surface area (Å²) >= 11 is 0. The van der Waals surface area contributed by atoms with Gasteiger partial charge < -0.3 is 29.0 Å². The van der Waals surface area contributed by atoms with Crippen molar-refractivity contribution in [3.8, 4) is 6.01 Å². The first kappa shape index (κ1) is 29.9. The van der Waals surface area contributed by atoms with E-state index in [-0.39, 0.29) is 24.5 Å². The maximum atomic E-state index is 12.6. The summed E-state index contributed by atoms with van der Waals surface area (Å²) < 4.78 is 11.7. The third-order valence-corrected chi connectivity index (χ3v) is 9.34. The van der Waals surface area contributed by atoms with Crippen LogP contribution in [0, 0.1) is 13.5 Å². The summed E-state index contributed by atoms with van der Waals surface area (Å²) in [6.45, 7) is 20.8. The van der Waals surface area contributed by atoms with E-state index in [0.717, 1.165) is 43.3 Å². The lowest BCUT2D eigenvalue weighted by molar-refractivity contribution is -0.128. The minimum atomic E-state index is -0.237. The number of carbonyl (C=O) groups is 1. The van der Waals surface area contributed by atoms with Crippen LogP contribution >= 0.6 is 0 Å². The van der Waals surface area contributed by atoms with Crippen molar-refractivity contribution in [3.05, 3.63) is 77.3 Å². The number of rotatable bonds is 9. The summed E-state index contributed by atoms with van der Waals surface area (Å²) in [4.78, 5) is 34.9. The largest absolute Gasteiger partial charge is 0.462 e. The van der Waals surface area contributed by atoms with Crippen molar-refractivity contribution in [1.29, 1.82) is 0 Å². The lowest BCUT2D eigenvalue weighted by Crippen LogP contribution is -2.56. The van der Waals surface area contributed by atoms with Crippen LogP contribution in [0.1, 0.15) is 23.7 Å². The maximum Gasteiger partial charge on any atom is 0.318 e. The number of aryl methyl sites for hydroxylation is 1. The summed E-state index contributed by atoms with van der Waals surface area (Å²) in [6.07, 6.45) is 2.12. The normalized spacial score (nSPS) is 19.3. The molecular formula is C34H41N7O3. The van der Waals surface area contributed by atoms with Crippen LogP contribution < -0.4 is 14.5 Å². The van der Waals surface area contributed by atoms with E-state index in [0.29, 0.717) is 44.8 Å². The van der Waals surface area contributed by atoms with Gasteiger partial charge in [-0.2, -0.15) is 9.97 Å². The highest BCUT2D eigenvalue weighted by Gasteiger charge is 2.35. The molecule has 10 nitrogen and oxygen atoms in total. The number of hydrogen-bond acceptors (Lipinski definition) is 8. The van der Waals surface area contributed by atoms with Crippen LogP contribution in [0.15, 0.2) is 49.1 Å². The molecule has 0 unspecified atom stereocenters. The fourth-order valence-corrected chi connectivity index (χ4v) is 6.54. The lowest BCUT2D eigenvalue weighted by Gasteiger charge is -2.41. The molecule has 6 rings (SSSR count). The summed E-state index contributed by atoms with van der Waals surface area (Å²) in [5, 5.41) is 2.50. The van der Waals surface area contributed by atoms with Gasteiger partial charge in [0.05, 0.1) is 31.5 Å². The van der Waals surface area contributed by atoms with E-state index in [1.807, 2.05) is 0 Å². The van der Waals surface area contributed by atoms with Crippen molar-refractivity contribution < 1.29 is 14.3 Å². The second kappa shape index (κ2) is 12.8. The van der Waals surface area contributed by atoms with Gasteiger partial charge >= 0.3 is 6.01 Å². The number of aromatic nitrogens is 2. The molecule has 4 heterocycles. The molecule has 0 saturated carbocycles. The topological polar surface area (TPSA) is 78.6 Å². The van der Waals surface area contributed by atoms with Crippen LogP contribution in [0.3, 0.4) is 0 Å². The van der Waals surface area contributed by atoms with Crippen LogP contribution in [-0.2, 0) is 22.5 Å². The predicted molar refractivity (Wildman–Crippen MR) is 172 cm³/mol. The van der Waals surface area contributed by atoms with E-state index in [4.69, 9.17) is 26.0 Å². The minimum absolute atomic E-state index is 0.136. The van der Waals surface area contributed by atoms with E-state index in [9.17, 15) is 4.79 Å². The number of hydrogen-bond donors (Lipinski definition) is 0. The Bertz CT molecular complexity index is 1580. The smallest absolute Gasteiger partial charge is 0.318 e. The molecule has 2 atom stereocenters. The number of fused-ring (bicyclic) bond motifs is 2. The van der Waals surface area contributed by atoms with E-state index < -0.39 is 0 Å². The van der Waals surface area contributed by atoms with Crippen LogP contribution in [0.2, 0.25) is 0 Å². The molecule has 2 saturated heterocycles. The van der Waals surface area contributed by atoms with Crippen molar-refractivity contribution in [2.24, 2.45) is 0 Å². The van der Waals surface area contributed by atoms with Gasteiger partial charge in [-0.05, 0) is 50.4 Å². The molecule has 3 aliphatic heterocycles. The zero-order valence-corrected chi connectivity index (χ0v) is 25.9. The third-order valence-electron chi connectivity index (χ3n) is 9.34. The van der Waals surface area contributed by atoms with Gasteiger partial charge in [0.15, 0.2) is 0 Å².